The molecule has 0 amide bonds. The van der Waals surface area contributed by atoms with Crippen LogP contribution < -0.4 is 10.6 Å². The minimum absolute atomic E-state index is 0.0607. The summed E-state index contributed by atoms with van der Waals surface area (Å²) < 4.78 is 42.8. The van der Waals surface area contributed by atoms with Crippen molar-refractivity contribution in [2.45, 2.75) is 18.8 Å². The van der Waals surface area contributed by atoms with Gasteiger partial charge >= 0.3 is 6.18 Å². The van der Waals surface area contributed by atoms with E-state index in [2.05, 4.69) is 4.98 Å². The highest BCUT2D eigenvalue weighted by molar-refractivity contribution is 5.47. The van der Waals surface area contributed by atoms with Crippen LogP contribution in [0.2, 0.25) is 0 Å². The van der Waals surface area contributed by atoms with Crippen molar-refractivity contribution in [3.8, 4) is 0 Å². The number of anilines is 1. The Morgan fingerprint density at radius 1 is 1.45 bits per heavy atom. The number of aliphatic hydroxyl groups excluding tert-OH is 1. The Bertz CT molecular complexity index is 440. The van der Waals surface area contributed by atoms with Gasteiger partial charge in [0.1, 0.15) is 11.5 Å². The Balaban J connectivity index is 3.01. The molecule has 1 aromatic heterocycles. The fourth-order valence-electron chi connectivity index (χ4n) is 1.77. The standard InChI is InChI=1S/C12H18F3N3O2/c1-18(6-9(19)7-20-2)11-8(5-16)3-4-10(17-11)12(13,14)15/h3-4,9,19H,5-7,16H2,1-2H3. The van der Waals surface area contributed by atoms with Gasteiger partial charge in [-0.3, -0.25) is 0 Å². The smallest absolute Gasteiger partial charge is 0.389 e. The first-order valence-electron chi connectivity index (χ1n) is 5.95. The van der Waals surface area contributed by atoms with E-state index in [1.165, 1.54) is 18.1 Å². The number of ether oxygens (including phenoxy) is 1. The maximum absolute atomic E-state index is 12.7. The van der Waals surface area contributed by atoms with Gasteiger partial charge in [0.05, 0.1) is 12.7 Å². The number of methoxy groups -OCH3 is 1. The molecular formula is C12H18F3N3O2. The van der Waals surface area contributed by atoms with Gasteiger partial charge in [-0.05, 0) is 6.07 Å². The number of hydrogen-bond donors (Lipinski definition) is 2. The molecule has 1 heterocycles. The van der Waals surface area contributed by atoms with Crippen LogP contribution in [0.25, 0.3) is 0 Å². The molecule has 1 aromatic rings. The zero-order valence-corrected chi connectivity index (χ0v) is 11.3. The quantitative estimate of drug-likeness (QED) is 0.819. The predicted octanol–water partition coefficient (Wildman–Crippen LogP) is 1.00. The molecule has 20 heavy (non-hydrogen) atoms. The molecule has 0 fully saturated rings. The first-order chi connectivity index (χ1) is 9.29. The van der Waals surface area contributed by atoms with Crippen molar-refractivity contribution in [1.29, 1.82) is 0 Å². The van der Waals surface area contributed by atoms with E-state index in [-0.39, 0.29) is 25.5 Å². The molecule has 0 aromatic carbocycles. The summed E-state index contributed by atoms with van der Waals surface area (Å²) in [6.45, 7) is 0.238. The van der Waals surface area contributed by atoms with E-state index in [1.54, 1.807) is 7.05 Å². The van der Waals surface area contributed by atoms with Crippen molar-refractivity contribution in [3.05, 3.63) is 23.4 Å². The normalized spacial score (nSPS) is 13.3. The Morgan fingerprint density at radius 3 is 2.60 bits per heavy atom. The second-order valence-electron chi connectivity index (χ2n) is 4.37. The molecule has 0 aliphatic rings. The van der Waals surface area contributed by atoms with Gasteiger partial charge in [-0.2, -0.15) is 13.2 Å². The van der Waals surface area contributed by atoms with Crippen LogP contribution in [-0.4, -0.2) is 43.5 Å². The fourth-order valence-corrected chi connectivity index (χ4v) is 1.77. The number of pyridine rings is 1. The van der Waals surface area contributed by atoms with Gasteiger partial charge in [-0.15, -0.1) is 0 Å². The number of nitrogens with zero attached hydrogens (tertiary/aromatic N) is 2. The second kappa shape index (κ2) is 6.87. The predicted molar refractivity (Wildman–Crippen MR) is 68.3 cm³/mol. The lowest BCUT2D eigenvalue weighted by atomic mass is 10.2. The third-order valence-electron chi connectivity index (χ3n) is 2.67. The van der Waals surface area contributed by atoms with Gasteiger partial charge in [-0.25, -0.2) is 4.98 Å². The molecule has 0 bridgehead atoms. The second-order valence-corrected chi connectivity index (χ2v) is 4.37. The first kappa shape index (κ1) is 16.7. The van der Waals surface area contributed by atoms with Gasteiger partial charge < -0.3 is 20.5 Å². The Hall–Kier alpha value is -1.38. The Morgan fingerprint density at radius 2 is 2.10 bits per heavy atom. The molecule has 114 valence electrons. The van der Waals surface area contributed by atoms with Crippen LogP contribution in [0.1, 0.15) is 11.3 Å². The molecule has 0 radical (unpaired) electrons. The van der Waals surface area contributed by atoms with E-state index in [4.69, 9.17) is 10.5 Å². The lowest BCUT2D eigenvalue weighted by molar-refractivity contribution is -0.141. The third kappa shape index (κ3) is 4.32. The van der Waals surface area contributed by atoms with Crippen LogP contribution in [0.5, 0.6) is 0 Å². The van der Waals surface area contributed by atoms with Crippen LogP contribution >= 0.6 is 0 Å². The summed E-state index contributed by atoms with van der Waals surface area (Å²) in [4.78, 5) is 5.03. The van der Waals surface area contributed by atoms with Crippen LogP contribution in [0.3, 0.4) is 0 Å². The molecule has 0 spiro atoms. The molecule has 0 saturated heterocycles. The minimum atomic E-state index is -4.52. The molecule has 8 heteroatoms. The molecule has 1 atom stereocenters. The summed E-state index contributed by atoms with van der Waals surface area (Å²) in [5, 5.41) is 9.63. The summed E-state index contributed by atoms with van der Waals surface area (Å²) in [6, 6.07) is 2.19. The van der Waals surface area contributed by atoms with Crippen LogP contribution in [0.15, 0.2) is 12.1 Å². The highest BCUT2D eigenvalue weighted by atomic mass is 19.4. The van der Waals surface area contributed by atoms with Crippen molar-refractivity contribution in [3.63, 3.8) is 0 Å². The zero-order valence-electron chi connectivity index (χ0n) is 11.3. The minimum Gasteiger partial charge on any atom is -0.389 e. The van der Waals surface area contributed by atoms with E-state index in [0.717, 1.165) is 6.07 Å². The SMILES string of the molecule is COCC(O)CN(C)c1nc(C(F)(F)F)ccc1CN. The Labute approximate surface area is 115 Å². The average Bonchev–Trinajstić information content (AvgIpc) is 2.37. The third-order valence-corrected chi connectivity index (χ3v) is 2.67. The van der Waals surface area contributed by atoms with Crippen LogP contribution in [0, 0.1) is 0 Å². The monoisotopic (exact) mass is 293 g/mol. The van der Waals surface area contributed by atoms with Gasteiger partial charge in [0, 0.05) is 32.8 Å². The van der Waals surface area contributed by atoms with Crippen molar-refractivity contribution in [1.82, 2.24) is 4.98 Å². The molecule has 5 nitrogen and oxygen atoms in total. The number of likely N-dealkylation sites (N-methyl/N-ethyl adjacent to an activating group) is 1. The van der Waals surface area contributed by atoms with E-state index in [9.17, 15) is 18.3 Å². The number of halogens is 3. The molecule has 1 rings (SSSR count). The highest BCUT2D eigenvalue weighted by Gasteiger charge is 2.33. The summed E-state index contributed by atoms with van der Waals surface area (Å²) in [7, 11) is 2.97. The van der Waals surface area contributed by atoms with E-state index < -0.39 is 18.0 Å². The number of hydrogen-bond acceptors (Lipinski definition) is 5. The van der Waals surface area contributed by atoms with Crippen LogP contribution in [-0.2, 0) is 17.5 Å². The number of aliphatic hydroxyl groups is 1. The van der Waals surface area contributed by atoms with Crippen molar-refractivity contribution >= 4 is 5.82 Å². The number of aromatic nitrogens is 1. The van der Waals surface area contributed by atoms with E-state index >= 15 is 0 Å². The van der Waals surface area contributed by atoms with Crippen molar-refractivity contribution in [2.75, 3.05) is 32.2 Å². The lowest BCUT2D eigenvalue weighted by Gasteiger charge is -2.24. The Kier molecular flexibility index (Phi) is 5.73. The molecule has 3 N–H and O–H groups in total. The highest BCUT2D eigenvalue weighted by Crippen LogP contribution is 2.30. The summed E-state index contributed by atoms with van der Waals surface area (Å²) in [5.74, 6) is 0.109. The fraction of sp³-hybridized carbons (Fsp3) is 0.583. The zero-order chi connectivity index (χ0) is 15.3. The van der Waals surface area contributed by atoms with Gasteiger partial charge in [0.25, 0.3) is 0 Å². The van der Waals surface area contributed by atoms with Crippen molar-refractivity contribution < 1.29 is 23.0 Å². The average molecular weight is 293 g/mol. The summed E-state index contributed by atoms with van der Waals surface area (Å²) in [5.41, 5.74) is 4.99. The first-order valence-corrected chi connectivity index (χ1v) is 5.95. The van der Waals surface area contributed by atoms with Gasteiger partial charge in [0.15, 0.2) is 0 Å². The molecular weight excluding hydrogens is 275 g/mol. The lowest BCUT2D eigenvalue weighted by Crippen LogP contribution is -2.33. The largest absolute Gasteiger partial charge is 0.433 e. The van der Waals surface area contributed by atoms with E-state index in [1.807, 2.05) is 0 Å². The molecule has 0 aliphatic heterocycles. The number of rotatable bonds is 6. The maximum atomic E-state index is 12.7. The number of alkyl halides is 3. The van der Waals surface area contributed by atoms with Gasteiger partial charge in [0.2, 0.25) is 0 Å². The van der Waals surface area contributed by atoms with Crippen LogP contribution in [0.4, 0.5) is 19.0 Å². The molecule has 1 unspecified atom stereocenters. The summed E-state index contributed by atoms with van der Waals surface area (Å²) >= 11 is 0. The number of nitrogens with two attached hydrogens (primary N) is 1. The van der Waals surface area contributed by atoms with E-state index in [0.29, 0.717) is 5.56 Å². The van der Waals surface area contributed by atoms with Crippen molar-refractivity contribution in [2.24, 2.45) is 5.73 Å². The summed E-state index contributed by atoms with van der Waals surface area (Å²) in [6.07, 6.45) is -5.35. The molecule has 0 saturated carbocycles. The molecule has 0 aliphatic carbocycles. The van der Waals surface area contributed by atoms with Gasteiger partial charge in [-0.1, -0.05) is 6.07 Å². The topological polar surface area (TPSA) is 71.6 Å². The maximum Gasteiger partial charge on any atom is 0.433 e.